The Morgan fingerprint density at radius 2 is 1.93 bits per heavy atom. The number of amides is 2. The molecule has 1 heterocycles. The van der Waals surface area contributed by atoms with Gasteiger partial charge in [0, 0.05) is 23.3 Å². The number of rotatable bonds is 7. The maximum atomic E-state index is 12.0. The number of aromatic amines is 1. The lowest BCUT2D eigenvalue weighted by atomic mass is 10.1. The minimum absolute atomic E-state index is 0.0265. The van der Waals surface area contributed by atoms with Crippen molar-refractivity contribution in [2.45, 2.75) is 18.5 Å². The van der Waals surface area contributed by atoms with Crippen LogP contribution in [0.2, 0.25) is 0 Å². The van der Waals surface area contributed by atoms with E-state index >= 15 is 0 Å². The summed E-state index contributed by atoms with van der Waals surface area (Å²) in [4.78, 5) is 38.5. The molecule has 3 N–H and O–H groups in total. The topological polar surface area (TPSA) is 143 Å². The number of hydrazine groups is 1. The molecule has 0 aliphatic carbocycles. The van der Waals surface area contributed by atoms with Crippen LogP contribution in [0.5, 0.6) is 0 Å². The molecule has 0 saturated heterocycles. The first kappa shape index (κ1) is 21.0. The monoisotopic (exact) mass is 426 g/mol. The van der Waals surface area contributed by atoms with Crippen LogP contribution in [0.1, 0.15) is 22.8 Å². The predicted molar refractivity (Wildman–Crippen MR) is 111 cm³/mol. The van der Waals surface area contributed by atoms with E-state index in [0.717, 1.165) is 29.8 Å². The molecular weight excluding hydrogens is 408 g/mol. The van der Waals surface area contributed by atoms with Crippen LogP contribution in [0.15, 0.2) is 53.7 Å². The summed E-state index contributed by atoms with van der Waals surface area (Å²) in [5, 5.41) is 18.1. The largest absolute Gasteiger partial charge is 0.272 e. The predicted octanol–water partition coefficient (Wildman–Crippen LogP) is 2.50. The van der Waals surface area contributed by atoms with Crippen LogP contribution in [0, 0.1) is 10.1 Å². The molecule has 3 rings (SSSR count). The van der Waals surface area contributed by atoms with Gasteiger partial charge in [-0.25, -0.2) is 4.98 Å². The third-order valence-electron chi connectivity index (χ3n) is 4.07. The molecule has 0 fully saturated rings. The van der Waals surface area contributed by atoms with Crippen molar-refractivity contribution in [1.29, 1.82) is 0 Å². The van der Waals surface area contributed by atoms with E-state index in [-0.39, 0.29) is 17.0 Å². The number of nitro benzene ring substituents is 1. The Morgan fingerprint density at radius 3 is 2.63 bits per heavy atom. The van der Waals surface area contributed by atoms with Gasteiger partial charge in [-0.15, -0.1) is 5.10 Å². The number of non-ortho nitro benzene ring substituents is 1. The number of nitrogens with one attached hydrogen (secondary N) is 3. The fraction of sp³-hybridized carbons (Fsp3) is 0.158. The van der Waals surface area contributed by atoms with Crippen LogP contribution in [-0.2, 0) is 11.2 Å². The summed E-state index contributed by atoms with van der Waals surface area (Å²) in [6.07, 6.45) is 0.949. The Hall–Kier alpha value is -3.73. The highest BCUT2D eigenvalue weighted by atomic mass is 32.2. The number of carbonyl (C=O) groups excluding carboxylic acids is 2. The van der Waals surface area contributed by atoms with Crippen LogP contribution in [-0.4, -0.2) is 37.7 Å². The van der Waals surface area contributed by atoms with Crippen molar-refractivity contribution in [2.24, 2.45) is 0 Å². The molecule has 11 heteroatoms. The minimum Gasteiger partial charge on any atom is -0.272 e. The number of aromatic nitrogens is 3. The van der Waals surface area contributed by atoms with Gasteiger partial charge in [-0.2, -0.15) is 0 Å². The normalized spacial score (nSPS) is 10.4. The number of hydrogen-bond acceptors (Lipinski definition) is 7. The molecule has 0 bridgehead atoms. The molecule has 3 aromatic rings. The van der Waals surface area contributed by atoms with E-state index in [1.165, 1.54) is 23.8 Å². The van der Waals surface area contributed by atoms with Gasteiger partial charge >= 0.3 is 0 Å². The second-order valence-corrected chi connectivity index (χ2v) is 7.06. The van der Waals surface area contributed by atoms with Gasteiger partial charge in [-0.05, 0) is 18.1 Å². The van der Waals surface area contributed by atoms with Gasteiger partial charge in [-0.1, -0.05) is 49.0 Å². The highest BCUT2D eigenvalue weighted by Crippen LogP contribution is 2.19. The van der Waals surface area contributed by atoms with Gasteiger partial charge < -0.3 is 0 Å². The molecule has 0 atom stereocenters. The molecule has 2 aromatic carbocycles. The molecule has 1 aromatic heterocycles. The van der Waals surface area contributed by atoms with E-state index in [0.29, 0.717) is 11.0 Å². The second-order valence-electron chi connectivity index (χ2n) is 6.12. The molecule has 10 nitrogen and oxygen atoms in total. The molecule has 0 spiro atoms. The summed E-state index contributed by atoms with van der Waals surface area (Å²) in [5.74, 6) is -0.564. The zero-order valence-corrected chi connectivity index (χ0v) is 16.7. The van der Waals surface area contributed by atoms with Crippen molar-refractivity contribution in [3.05, 3.63) is 69.8 Å². The Balaban J connectivity index is 1.49. The van der Waals surface area contributed by atoms with Gasteiger partial charge in [0.25, 0.3) is 11.6 Å². The molecule has 0 aliphatic rings. The summed E-state index contributed by atoms with van der Waals surface area (Å²) >= 11 is 1.10. The lowest BCUT2D eigenvalue weighted by Crippen LogP contribution is -2.42. The number of thioether (sulfide) groups is 1. The molecule has 0 unspecified atom stereocenters. The lowest BCUT2D eigenvalue weighted by Gasteiger charge is -2.06. The van der Waals surface area contributed by atoms with E-state index in [1.807, 2.05) is 24.3 Å². The van der Waals surface area contributed by atoms with Crippen LogP contribution < -0.4 is 10.9 Å². The van der Waals surface area contributed by atoms with Crippen LogP contribution in [0.4, 0.5) is 5.69 Å². The fourth-order valence-electron chi connectivity index (χ4n) is 2.46. The Morgan fingerprint density at radius 1 is 1.17 bits per heavy atom. The van der Waals surface area contributed by atoms with Crippen molar-refractivity contribution >= 4 is 29.3 Å². The van der Waals surface area contributed by atoms with Gasteiger partial charge in [0.2, 0.25) is 11.1 Å². The smallest absolute Gasteiger partial charge is 0.270 e. The number of H-pyrrole nitrogens is 1. The molecule has 0 saturated carbocycles. The summed E-state index contributed by atoms with van der Waals surface area (Å²) in [5.41, 5.74) is 6.43. The van der Waals surface area contributed by atoms with Crippen LogP contribution in [0.25, 0.3) is 11.4 Å². The molecule has 154 valence electrons. The summed E-state index contributed by atoms with van der Waals surface area (Å²) in [7, 11) is 0. The Labute approximate surface area is 175 Å². The standard InChI is InChI=1S/C19H18N6O4S/c1-2-12-6-8-13(9-7-12)17-20-19(24-22-17)30-11-16(26)21-23-18(27)14-4-3-5-15(10-14)25(28)29/h3-10H,2,11H2,1H3,(H,21,26)(H,23,27)(H,20,22,24). The zero-order chi connectivity index (χ0) is 21.5. The van der Waals surface area contributed by atoms with Gasteiger partial charge in [0.05, 0.1) is 10.7 Å². The number of nitrogens with zero attached hydrogens (tertiary/aromatic N) is 3. The van der Waals surface area contributed by atoms with E-state index < -0.39 is 16.7 Å². The van der Waals surface area contributed by atoms with Crippen molar-refractivity contribution < 1.29 is 14.5 Å². The van der Waals surface area contributed by atoms with E-state index in [9.17, 15) is 19.7 Å². The minimum atomic E-state index is -0.659. The molecular formula is C19H18N6O4S. The molecule has 30 heavy (non-hydrogen) atoms. The number of benzene rings is 2. The first-order chi connectivity index (χ1) is 14.5. The average Bonchev–Trinajstić information content (AvgIpc) is 3.25. The van der Waals surface area contributed by atoms with Crippen LogP contribution >= 0.6 is 11.8 Å². The average molecular weight is 426 g/mol. The molecule has 0 radical (unpaired) electrons. The highest BCUT2D eigenvalue weighted by molar-refractivity contribution is 7.99. The van der Waals surface area contributed by atoms with Gasteiger partial charge in [0.15, 0.2) is 5.82 Å². The van der Waals surface area contributed by atoms with Gasteiger partial charge in [0.1, 0.15) is 0 Å². The fourth-order valence-corrected chi connectivity index (χ4v) is 3.06. The maximum absolute atomic E-state index is 12.0. The number of carbonyl (C=O) groups is 2. The number of nitro groups is 1. The SMILES string of the molecule is CCc1ccc(-c2nc(SCC(=O)NNC(=O)c3cccc([N+](=O)[O-])c3)n[nH]2)cc1. The van der Waals surface area contributed by atoms with Gasteiger partial charge in [-0.3, -0.25) is 35.7 Å². The maximum Gasteiger partial charge on any atom is 0.270 e. The van der Waals surface area contributed by atoms with Crippen molar-refractivity contribution in [3.63, 3.8) is 0 Å². The Bertz CT molecular complexity index is 1070. The zero-order valence-electron chi connectivity index (χ0n) is 15.9. The molecule has 0 aliphatic heterocycles. The Kier molecular flexibility index (Phi) is 6.75. The van der Waals surface area contributed by atoms with Crippen molar-refractivity contribution in [1.82, 2.24) is 26.0 Å². The third kappa shape index (κ3) is 5.41. The summed E-state index contributed by atoms with van der Waals surface area (Å²) < 4.78 is 0. The van der Waals surface area contributed by atoms with E-state index in [1.54, 1.807) is 0 Å². The summed E-state index contributed by atoms with van der Waals surface area (Å²) in [6.45, 7) is 2.08. The third-order valence-corrected chi connectivity index (χ3v) is 4.91. The van der Waals surface area contributed by atoms with Crippen LogP contribution in [0.3, 0.4) is 0 Å². The number of hydrogen-bond donors (Lipinski definition) is 3. The lowest BCUT2D eigenvalue weighted by molar-refractivity contribution is -0.384. The first-order valence-corrected chi connectivity index (χ1v) is 9.93. The van der Waals surface area contributed by atoms with E-state index in [2.05, 4.69) is 33.0 Å². The quantitative estimate of drug-likeness (QED) is 0.299. The van der Waals surface area contributed by atoms with Crippen molar-refractivity contribution in [2.75, 3.05) is 5.75 Å². The number of aryl methyl sites for hydroxylation is 1. The second kappa shape index (κ2) is 9.65. The molecule has 2 amide bonds. The highest BCUT2D eigenvalue weighted by Gasteiger charge is 2.13. The van der Waals surface area contributed by atoms with Crippen molar-refractivity contribution in [3.8, 4) is 11.4 Å². The first-order valence-electron chi connectivity index (χ1n) is 8.94. The van der Waals surface area contributed by atoms with E-state index in [4.69, 9.17) is 0 Å². The summed E-state index contributed by atoms with van der Waals surface area (Å²) in [6, 6.07) is 13.1.